The molecule has 0 atom stereocenters. The van der Waals surface area contributed by atoms with Crippen molar-refractivity contribution in [3.05, 3.63) is 40.5 Å². The Morgan fingerprint density at radius 1 is 1.33 bits per heavy atom. The number of benzene rings is 1. The molecule has 0 aliphatic rings. The number of ether oxygens (including phenoxy) is 1. The Morgan fingerprint density at radius 2 is 2.05 bits per heavy atom. The van der Waals surface area contributed by atoms with Crippen LogP contribution in [0.25, 0.3) is 0 Å². The van der Waals surface area contributed by atoms with E-state index in [0.717, 1.165) is 10.0 Å². The molecule has 0 bridgehead atoms. The Labute approximate surface area is 131 Å². The summed E-state index contributed by atoms with van der Waals surface area (Å²) in [5, 5.41) is 0. The maximum Gasteiger partial charge on any atom is 0.266 e. The normalized spacial score (nSPS) is 11.2. The molecule has 0 spiro atoms. The first-order valence-electron chi connectivity index (χ1n) is 5.92. The van der Waals surface area contributed by atoms with Gasteiger partial charge in [-0.2, -0.15) is 0 Å². The average Bonchev–Trinajstić information content (AvgIpc) is 2.42. The molecule has 3 N–H and O–H groups in total. The molecular weight excluding hydrogens is 358 g/mol. The zero-order valence-electron chi connectivity index (χ0n) is 11.4. The van der Waals surface area contributed by atoms with Crippen LogP contribution in [-0.4, -0.2) is 20.5 Å². The van der Waals surface area contributed by atoms with E-state index in [-0.39, 0.29) is 16.5 Å². The van der Waals surface area contributed by atoms with Crippen molar-refractivity contribution in [3.63, 3.8) is 0 Å². The third-order valence-corrected chi connectivity index (χ3v) is 4.99. The monoisotopic (exact) mass is 371 g/mol. The van der Waals surface area contributed by atoms with Gasteiger partial charge in [0.1, 0.15) is 16.5 Å². The molecule has 0 amide bonds. The summed E-state index contributed by atoms with van der Waals surface area (Å²) in [4.78, 5) is 4.02. The minimum absolute atomic E-state index is 0.00146. The van der Waals surface area contributed by atoms with E-state index < -0.39 is 10.0 Å². The van der Waals surface area contributed by atoms with Crippen molar-refractivity contribution in [1.29, 1.82) is 0 Å². The first kappa shape index (κ1) is 15.6. The van der Waals surface area contributed by atoms with Crippen LogP contribution in [0.3, 0.4) is 0 Å². The number of hydrogen-bond acceptors (Lipinski definition) is 5. The van der Waals surface area contributed by atoms with Crippen molar-refractivity contribution in [3.8, 4) is 5.75 Å². The van der Waals surface area contributed by atoms with Crippen LogP contribution in [0.4, 0.5) is 11.5 Å². The lowest BCUT2D eigenvalue weighted by Crippen LogP contribution is -2.15. The fourth-order valence-corrected chi connectivity index (χ4v) is 3.06. The Hall–Kier alpha value is -1.80. The smallest absolute Gasteiger partial charge is 0.266 e. The van der Waals surface area contributed by atoms with Gasteiger partial charge in [-0.05, 0) is 46.6 Å². The van der Waals surface area contributed by atoms with Crippen LogP contribution in [0.5, 0.6) is 5.75 Å². The Balaban J connectivity index is 2.40. The number of nitrogens with zero attached hydrogens (tertiary/aromatic N) is 1. The van der Waals surface area contributed by atoms with Gasteiger partial charge in [0.25, 0.3) is 10.0 Å². The molecular formula is C13H14BrN3O3S. The van der Waals surface area contributed by atoms with Crippen LogP contribution in [0.15, 0.2) is 39.8 Å². The summed E-state index contributed by atoms with van der Waals surface area (Å²) in [7, 11) is -2.43. The maximum absolute atomic E-state index is 12.4. The highest BCUT2D eigenvalue weighted by molar-refractivity contribution is 9.10. The largest absolute Gasteiger partial charge is 0.495 e. The van der Waals surface area contributed by atoms with Gasteiger partial charge in [0.2, 0.25) is 0 Å². The number of aryl methyl sites for hydroxylation is 1. The number of methoxy groups -OCH3 is 1. The van der Waals surface area contributed by atoms with E-state index in [1.165, 1.54) is 31.5 Å². The van der Waals surface area contributed by atoms with Crippen molar-refractivity contribution in [1.82, 2.24) is 4.98 Å². The third-order valence-electron chi connectivity index (χ3n) is 2.76. The molecule has 0 aliphatic heterocycles. The summed E-state index contributed by atoms with van der Waals surface area (Å²) < 4.78 is 33.1. The zero-order chi connectivity index (χ0) is 15.6. The maximum atomic E-state index is 12.4. The molecule has 8 heteroatoms. The van der Waals surface area contributed by atoms with Gasteiger partial charge in [-0.3, -0.25) is 4.72 Å². The fraction of sp³-hybridized carbons (Fsp3) is 0.154. The van der Waals surface area contributed by atoms with Gasteiger partial charge < -0.3 is 10.5 Å². The number of halogens is 1. The van der Waals surface area contributed by atoms with Crippen molar-refractivity contribution in [2.75, 3.05) is 17.6 Å². The van der Waals surface area contributed by atoms with E-state index in [1.54, 1.807) is 6.07 Å². The zero-order valence-corrected chi connectivity index (χ0v) is 13.8. The molecule has 0 fully saturated rings. The van der Waals surface area contributed by atoms with Crippen LogP contribution >= 0.6 is 15.9 Å². The first-order valence-corrected chi connectivity index (χ1v) is 8.19. The average molecular weight is 372 g/mol. The summed E-state index contributed by atoms with van der Waals surface area (Å²) in [6.45, 7) is 1.84. The van der Waals surface area contributed by atoms with Crippen molar-refractivity contribution in [2.24, 2.45) is 0 Å². The second kappa shape index (κ2) is 5.90. The molecule has 112 valence electrons. The Morgan fingerprint density at radius 3 is 2.67 bits per heavy atom. The minimum Gasteiger partial charge on any atom is -0.495 e. The van der Waals surface area contributed by atoms with Gasteiger partial charge >= 0.3 is 0 Å². The summed E-state index contributed by atoms with van der Waals surface area (Å²) >= 11 is 3.31. The number of pyridine rings is 1. The van der Waals surface area contributed by atoms with E-state index in [0.29, 0.717) is 5.69 Å². The fourth-order valence-electron chi connectivity index (χ4n) is 1.69. The first-order chi connectivity index (χ1) is 9.83. The van der Waals surface area contributed by atoms with Crippen molar-refractivity contribution in [2.45, 2.75) is 11.8 Å². The molecule has 0 saturated heterocycles. The predicted molar refractivity (Wildman–Crippen MR) is 84.9 cm³/mol. The predicted octanol–water partition coefficient (Wildman–Crippen LogP) is 2.54. The molecule has 0 radical (unpaired) electrons. The van der Waals surface area contributed by atoms with Crippen LogP contribution in [0.2, 0.25) is 0 Å². The van der Waals surface area contributed by atoms with E-state index in [9.17, 15) is 8.42 Å². The van der Waals surface area contributed by atoms with Gasteiger partial charge in [-0.1, -0.05) is 0 Å². The van der Waals surface area contributed by atoms with Crippen LogP contribution in [-0.2, 0) is 10.0 Å². The number of anilines is 2. The highest BCUT2D eigenvalue weighted by Crippen LogP contribution is 2.28. The summed E-state index contributed by atoms with van der Waals surface area (Å²) in [6, 6.07) is 5.97. The minimum atomic E-state index is -3.81. The SMILES string of the molecule is COc1cc(N)ccc1S(=O)(=O)Nc1cc(C)c(Br)cn1. The topological polar surface area (TPSA) is 94.3 Å². The van der Waals surface area contributed by atoms with Crippen LogP contribution < -0.4 is 15.2 Å². The standard InChI is InChI=1S/C13H14BrN3O3S/c1-8-5-13(16-7-10(8)14)17-21(18,19)12-4-3-9(15)6-11(12)20-2/h3-7H,15H2,1-2H3,(H,16,17). The number of nitrogens with two attached hydrogens (primary N) is 1. The Kier molecular flexibility index (Phi) is 4.38. The number of rotatable bonds is 4. The van der Waals surface area contributed by atoms with Gasteiger partial charge in [-0.15, -0.1) is 0 Å². The van der Waals surface area contributed by atoms with E-state index in [1.807, 2.05) is 6.92 Å². The molecule has 0 saturated carbocycles. The highest BCUT2D eigenvalue weighted by atomic mass is 79.9. The Bertz CT molecular complexity index is 778. The molecule has 2 aromatic rings. The summed E-state index contributed by atoms with van der Waals surface area (Å²) in [5.41, 5.74) is 6.91. The van der Waals surface area contributed by atoms with Crippen molar-refractivity contribution >= 4 is 37.5 Å². The van der Waals surface area contributed by atoms with E-state index in [2.05, 4.69) is 25.6 Å². The second-order valence-electron chi connectivity index (χ2n) is 4.33. The molecule has 6 nitrogen and oxygen atoms in total. The molecule has 1 aromatic carbocycles. The van der Waals surface area contributed by atoms with Gasteiger partial charge in [-0.25, -0.2) is 13.4 Å². The quantitative estimate of drug-likeness (QED) is 0.805. The lowest BCUT2D eigenvalue weighted by molar-refractivity contribution is 0.403. The lowest BCUT2D eigenvalue weighted by atomic mass is 10.3. The second-order valence-corrected chi connectivity index (χ2v) is 6.84. The third kappa shape index (κ3) is 3.45. The van der Waals surface area contributed by atoms with E-state index in [4.69, 9.17) is 10.5 Å². The van der Waals surface area contributed by atoms with Gasteiger partial charge in [0.05, 0.1) is 7.11 Å². The van der Waals surface area contributed by atoms with Crippen molar-refractivity contribution < 1.29 is 13.2 Å². The lowest BCUT2D eigenvalue weighted by Gasteiger charge is -2.12. The number of nitrogen functional groups attached to an aromatic ring is 1. The molecule has 1 aromatic heterocycles. The number of nitrogens with one attached hydrogen (secondary N) is 1. The number of sulfonamides is 1. The molecule has 1 heterocycles. The van der Waals surface area contributed by atoms with Gasteiger partial charge in [0.15, 0.2) is 0 Å². The van der Waals surface area contributed by atoms with E-state index >= 15 is 0 Å². The molecule has 0 aliphatic carbocycles. The number of aromatic nitrogens is 1. The molecule has 0 unspecified atom stereocenters. The van der Waals surface area contributed by atoms with Gasteiger partial charge in [0, 0.05) is 22.4 Å². The summed E-state index contributed by atoms with van der Waals surface area (Å²) in [6.07, 6.45) is 1.54. The van der Waals surface area contributed by atoms with Crippen LogP contribution in [0.1, 0.15) is 5.56 Å². The van der Waals surface area contributed by atoms with Crippen LogP contribution in [0, 0.1) is 6.92 Å². The number of hydrogen-bond donors (Lipinski definition) is 2. The molecule has 21 heavy (non-hydrogen) atoms. The highest BCUT2D eigenvalue weighted by Gasteiger charge is 2.20. The molecule has 2 rings (SSSR count). The summed E-state index contributed by atoms with van der Waals surface area (Å²) in [5.74, 6) is 0.408.